The van der Waals surface area contributed by atoms with Crippen molar-refractivity contribution in [1.82, 2.24) is 4.90 Å². The minimum absolute atomic E-state index is 0.687. The van der Waals surface area contributed by atoms with Crippen LogP contribution in [0.25, 0.3) is 0 Å². The molecular weight excluding hydrogens is 230 g/mol. The van der Waals surface area contributed by atoms with E-state index >= 15 is 0 Å². The molecule has 1 aromatic carbocycles. The minimum Gasteiger partial charge on any atom is -0.306 e. The van der Waals surface area contributed by atoms with Gasteiger partial charge in [-0.05, 0) is 49.3 Å². The van der Waals surface area contributed by atoms with Crippen LogP contribution in [-0.2, 0) is 0 Å². The second kappa shape index (κ2) is 4.62. The van der Waals surface area contributed by atoms with E-state index in [0.717, 1.165) is 16.9 Å². The van der Waals surface area contributed by atoms with E-state index in [0.29, 0.717) is 5.92 Å². The van der Waals surface area contributed by atoms with E-state index in [-0.39, 0.29) is 0 Å². The van der Waals surface area contributed by atoms with Crippen molar-refractivity contribution in [2.45, 2.75) is 25.2 Å². The second-order valence-corrected chi connectivity index (χ2v) is 6.11. The zero-order valence-corrected chi connectivity index (χ0v) is 11.2. The third-order valence-electron chi connectivity index (χ3n) is 4.59. The molecule has 2 fully saturated rings. The summed E-state index contributed by atoms with van der Waals surface area (Å²) in [4.78, 5) is 2.49. The molecule has 0 amide bonds. The molecule has 17 heavy (non-hydrogen) atoms. The van der Waals surface area contributed by atoms with Crippen molar-refractivity contribution >= 4 is 11.6 Å². The molecular formula is C15H20ClN. The van der Waals surface area contributed by atoms with Gasteiger partial charge in [0.15, 0.2) is 0 Å². The Morgan fingerprint density at radius 3 is 2.82 bits per heavy atom. The highest BCUT2D eigenvalue weighted by atomic mass is 35.5. The highest BCUT2D eigenvalue weighted by Gasteiger charge is 2.39. The van der Waals surface area contributed by atoms with Crippen LogP contribution in [0.15, 0.2) is 24.3 Å². The van der Waals surface area contributed by atoms with Crippen molar-refractivity contribution in [3.8, 4) is 0 Å². The smallest absolute Gasteiger partial charge is 0.0440 e. The van der Waals surface area contributed by atoms with E-state index in [1.807, 2.05) is 12.1 Å². The molecule has 0 bridgehead atoms. The van der Waals surface area contributed by atoms with E-state index in [4.69, 9.17) is 11.6 Å². The fourth-order valence-corrected chi connectivity index (χ4v) is 4.13. The number of rotatable bonds is 1. The van der Waals surface area contributed by atoms with Crippen LogP contribution in [0.2, 0.25) is 5.02 Å². The maximum absolute atomic E-state index is 6.37. The molecule has 0 aromatic heterocycles. The normalized spacial score (nSPS) is 33.6. The molecule has 1 nitrogen and oxygen atoms in total. The van der Waals surface area contributed by atoms with Crippen molar-refractivity contribution < 1.29 is 0 Å². The van der Waals surface area contributed by atoms with Gasteiger partial charge in [-0.25, -0.2) is 0 Å². The van der Waals surface area contributed by atoms with Crippen LogP contribution in [0.1, 0.15) is 30.7 Å². The third-order valence-corrected chi connectivity index (χ3v) is 4.93. The Kier molecular flexibility index (Phi) is 3.14. The predicted octanol–water partition coefficient (Wildman–Crippen LogP) is 3.79. The first-order valence-corrected chi connectivity index (χ1v) is 7.06. The van der Waals surface area contributed by atoms with Gasteiger partial charge in [0, 0.05) is 18.1 Å². The van der Waals surface area contributed by atoms with Crippen LogP contribution in [0.4, 0.5) is 0 Å². The standard InChI is InChI=1S/C15H20ClN/c1-17-9-11-5-4-7-12(14(11)10-17)13-6-2-3-8-15(13)16/h2-3,6,8,11-12,14H,4-5,7,9-10H2,1H3/t11-,12-,14+/m0/s1. The highest BCUT2D eigenvalue weighted by molar-refractivity contribution is 6.31. The van der Waals surface area contributed by atoms with E-state index in [2.05, 4.69) is 24.1 Å². The Morgan fingerprint density at radius 2 is 2.00 bits per heavy atom. The lowest BCUT2D eigenvalue weighted by Gasteiger charge is -2.33. The topological polar surface area (TPSA) is 3.24 Å². The quantitative estimate of drug-likeness (QED) is 0.732. The third kappa shape index (κ3) is 2.11. The Balaban J connectivity index is 1.90. The van der Waals surface area contributed by atoms with E-state index < -0.39 is 0 Å². The first-order chi connectivity index (χ1) is 8.25. The number of hydrogen-bond donors (Lipinski definition) is 0. The van der Waals surface area contributed by atoms with Crippen molar-refractivity contribution in [3.05, 3.63) is 34.9 Å². The van der Waals surface area contributed by atoms with E-state index in [1.165, 1.54) is 37.9 Å². The fourth-order valence-electron chi connectivity index (χ4n) is 3.86. The minimum atomic E-state index is 0.687. The Labute approximate surface area is 109 Å². The molecule has 0 radical (unpaired) electrons. The molecule has 1 aliphatic carbocycles. The molecule has 1 aliphatic heterocycles. The summed E-state index contributed by atoms with van der Waals surface area (Å²) in [5, 5.41) is 0.965. The summed E-state index contributed by atoms with van der Waals surface area (Å²) < 4.78 is 0. The molecule has 1 heterocycles. The SMILES string of the molecule is CN1C[C@@H]2CCC[C@@H](c3ccccc3Cl)[C@@H]2C1. The van der Waals surface area contributed by atoms with Crippen LogP contribution in [0.3, 0.4) is 0 Å². The lowest BCUT2D eigenvalue weighted by molar-refractivity contribution is 0.258. The van der Waals surface area contributed by atoms with Crippen LogP contribution < -0.4 is 0 Å². The highest BCUT2D eigenvalue weighted by Crippen LogP contribution is 2.46. The van der Waals surface area contributed by atoms with Gasteiger partial charge in [0.2, 0.25) is 0 Å². The zero-order chi connectivity index (χ0) is 11.8. The molecule has 1 aromatic rings. The maximum Gasteiger partial charge on any atom is 0.0440 e. The van der Waals surface area contributed by atoms with Gasteiger partial charge in [0.25, 0.3) is 0 Å². The molecule has 1 saturated heterocycles. The van der Waals surface area contributed by atoms with Crippen LogP contribution in [-0.4, -0.2) is 25.0 Å². The van der Waals surface area contributed by atoms with Crippen molar-refractivity contribution in [1.29, 1.82) is 0 Å². The number of hydrogen-bond acceptors (Lipinski definition) is 1. The lowest BCUT2D eigenvalue weighted by Crippen LogP contribution is -2.25. The molecule has 2 heteroatoms. The molecule has 0 N–H and O–H groups in total. The summed E-state index contributed by atoms with van der Waals surface area (Å²) >= 11 is 6.37. The molecule has 2 aliphatic rings. The van der Waals surface area contributed by atoms with Gasteiger partial charge < -0.3 is 4.90 Å². The van der Waals surface area contributed by atoms with E-state index in [9.17, 15) is 0 Å². The predicted molar refractivity (Wildman–Crippen MR) is 72.5 cm³/mol. The van der Waals surface area contributed by atoms with Gasteiger partial charge in [-0.1, -0.05) is 36.2 Å². The largest absolute Gasteiger partial charge is 0.306 e. The van der Waals surface area contributed by atoms with Gasteiger partial charge in [-0.15, -0.1) is 0 Å². The maximum atomic E-state index is 6.37. The Hall–Kier alpha value is -0.530. The summed E-state index contributed by atoms with van der Waals surface area (Å²) in [5.74, 6) is 2.41. The Morgan fingerprint density at radius 1 is 1.18 bits per heavy atom. The molecule has 3 rings (SSSR count). The lowest BCUT2D eigenvalue weighted by atomic mass is 9.71. The zero-order valence-electron chi connectivity index (χ0n) is 10.4. The van der Waals surface area contributed by atoms with Gasteiger partial charge in [0.1, 0.15) is 0 Å². The number of halogens is 1. The summed E-state index contributed by atoms with van der Waals surface area (Å²) in [7, 11) is 2.25. The van der Waals surface area contributed by atoms with Gasteiger partial charge >= 0.3 is 0 Å². The summed E-state index contributed by atoms with van der Waals surface area (Å²) in [6.45, 7) is 2.53. The molecule has 92 valence electrons. The average Bonchev–Trinajstić information content (AvgIpc) is 2.70. The summed E-state index contributed by atoms with van der Waals surface area (Å²) in [6.07, 6.45) is 4.10. The summed E-state index contributed by atoms with van der Waals surface area (Å²) in [6, 6.07) is 8.43. The monoisotopic (exact) mass is 249 g/mol. The molecule has 0 unspecified atom stereocenters. The van der Waals surface area contributed by atoms with E-state index in [1.54, 1.807) is 0 Å². The van der Waals surface area contributed by atoms with Gasteiger partial charge in [-0.3, -0.25) is 0 Å². The second-order valence-electron chi connectivity index (χ2n) is 5.70. The van der Waals surface area contributed by atoms with Crippen LogP contribution in [0.5, 0.6) is 0 Å². The number of fused-ring (bicyclic) bond motifs is 1. The molecule has 1 saturated carbocycles. The number of nitrogens with zero attached hydrogens (tertiary/aromatic N) is 1. The van der Waals surface area contributed by atoms with Crippen molar-refractivity contribution in [2.24, 2.45) is 11.8 Å². The van der Waals surface area contributed by atoms with Crippen molar-refractivity contribution in [3.63, 3.8) is 0 Å². The van der Waals surface area contributed by atoms with Crippen molar-refractivity contribution in [2.75, 3.05) is 20.1 Å². The molecule has 0 spiro atoms. The average molecular weight is 250 g/mol. The first-order valence-electron chi connectivity index (χ1n) is 6.68. The van der Waals surface area contributed by atoms with Gasteiger partial charge in [-0.2, -0.15) is 0 Å². The van der Waals surface area contributed by atoms with Crippen LogP contribution >= 0.6 is 11.6 Å². The Bertz CT molecular complexity index is 404. The van der Waals surface area contributed by atoms with Crippen LogP contribution in [0, 0.1) is 11.8 Å². The number of likely N-dealkylation sites (tertiary alicyclic amines) is 1. The fraction of sp³-hybridized carbons (Fsp3) is 0.600. The number of benzene rings is 1. The first kappa shape index (κ1) is 11.6. The van der Waals surface area contributed by atoms with Gasteiger partial charge in [0.05, 0.1) is 0 Å². The summed E-state index contributed by atoms with van der Waals surface area (Å²) in [5.41, 5.74) is 1.39. The molecule has 3 atom stereocenters.